The molecule has 1 aromatic heterocycles. The minimum atomic E-state index is -0.265. The van der Waals surface area contributed by atoms with Crippen LogP contribution < -0.4 is 15.4 Å². The van der Waals surface area contributed by atoms with Gasteiger partial charge in [-0.25, -0.2) is 4.79 Å². The van der Waals surface area contributed by atoms with Crippen LogP contribution in [-0.2, 0) is 11.3 Å². The van der Waals surface area contributed by atoms with Crippen LogP contribution >= 0.6 is 0 Å². The largest absolute Gasteiger partial charge is 0.491 e. The molecule has 6 heteroatoms. The topological polar surface area (TPSA) is 72.7 Å². The number of amides is 2. The molecular formula is C17H20N2O4. The molecule has 2 aromatic rings. The number of rotatable bonds is 6. The van der Waals surface area contributed by atoms with E-state index < -0.39 is 0 Å². The molecule has 0 unspecified atom stereocenters. The number of carbonyl (C=O) groups excluding carboxylic acids is 1. The van der Waals surface area contributed by atoms with E-state index in [1.54, 1.807) is 18.6 Å². The van der Waals surface area contributed by atoms with Gasteiger partial charge in [-0.15, -0.1) is 0 Å². The lowest BCUT2D eigenvalue weighted by molar-refractivity contribution is 0.0679. The molecule has 6 nitrogen and oxygen atoms in total. The van der Waals surface area contributed by atoms with E-state index in [4.69, 9.17) is 13.9 Å². The molecule has 2 N–H and O–H groups in total. The first-order valence-electron chi connectivity index (χ1n) is 7.70. The van der Waals surface area contributed by atoms with Crippen LogP contribution in [0.1, 0.15) is 18.4 Å². The first-order chi connectivity index (χ1) is 11.3. The van der Waals surface area contributed by atoms with Gasteiger partial charge >= 0.3 is 6.03 Å². The minimum Gasteiger partial charge on any atom is -0.491 e. The van der Waals surface area contributed by atoms with E-state index in [1.165, 1.54) is 0 Å². The van der Waals surface area contributed by atoms with Crippen LogP contribution in [0.5, 0.6) is 5.75 Å². The van der Waals surface area contributed by atoms with Crippen LogP contribution in [0.3, 0.4) is 0 Å². The highest BCUT2D eigenvalue weighted by Crippen LogP contribution is 2.18. The summed E-state index contributed by atoms with van der Waals surface area (Å²) in [6.07, 6.45) is 5.52. The molecule has 0 spiro atoms. The molecule has 0 saturated carbocycles. The second-order valence-corrected chi connectivity index (χ2v) is 5.41. The fourth-order valence-corrected chi connectivity index (χ4v) is 2.35. The Morgan fingerprint density at radius 2 is 2.13 bits per heavy atom. The molecule has 1 aromatic carbocycles. The third-order valence-corrected chi connectivity index (χ3v) is 3.61. The number of hydrogen-bond donors (Lipinski definition) is 2. The van der Waals surface area contributed by atoms with Crippen molar-refractivity contribution < 1.29 is 18.7 Å². The van der Waals surface area contributed by atoms with Gasteiger partial charge in [0.05, 0.1) is 18.6 Å². The lowest BCUT2D eigenvalue weighted by atomic mass is 10.2. The summed E-state index contributed by atoms with van der Waals surface area (Å²) >= 11 is 0. The maximum Gasteiger partial charge on any atom is 0.319 e. The van der Waals surface area contributed by atoms with E-state index in [9.17, 15) is 4.79 Å². The summed E-state index contributed by atoms with van der Waals surface area (Å²) in [5.41, 5.74) is 1.62. The summed E-state index contributed by atoms with van der Waals surface area (Å²) in [5.74, 6) is 0.768. The zero-order valence-electron chi connectivity index (χ0n) is 12.8. The number of urea groups is 1. The quantitative estimate of drug-likeness (QED) is 0.858. The summed E-state index contributed by atoms with van der Waals surface area (Å²) in [5, 5.41) is 5.52. The molecule has 23 heavy (non-hydrogen) atoms. The Hall–Kier alpha value is -2.47. The Kier molecular flexibility index (Phi) is 5.16. The molecule has 1 aliphatic heterocycles. The van der Waals surface area contributed by atoms with Crippen molar-refractivity contribution in [2.45, 2.75) is 25.5 Å². The molecule has 1 saturated heterocycles. The summed E-state index contributed by atoms with van der Waals surface area (Å²) < 4.78 is 16.1. The Labute approximate surface area is 134 Å². The fourth-order valence-electron chi connectivity index (χ4n) is 2.35. The van der Waals surface area contributed by atoms with Gasteiger partial charge in [-0.05, 0) is 43.2 Å². The maximum absolute atomic E-state index is 11.8. The van der Waals surface area contributed by atoms with Crippen LogP contribution in [0.25, 0.3) is 0 Å². The summed E-state index contributed by atoms with van der Waals surface area (Å²) in [7, 11) is 0. The Bertz CT molecular complexity index is 604. The van der Waals surface area contributed by atoms with Crippen molar-refractivity contribution in [1.82, 2.24) is 5.32 Å². The lowest BCUT2D eigenvalue weighted by Gasteiger charge is -2.12. The molecular weight excluding hydrogens is 296 g/mol. The smallest absolute Gasteiger partial charge is 0.319 e. The van der Waals surface area contributed by atoms with Crippen molar-refractivity contribution in [3.63, 3.8) is 0 Å². The minimum absolute atomic E-state index is 0.196. The van der Waals surface area contributed by atoms with Gasteiger partial charge in [0.1, 0.15) is 12.4 Å². The van der Waals surface area contributed by atoms with Gasteiger partial charge in [0.15, 0.2) is 0 Å². The van der Waals surface area contributed by atoms with E-state index >= 15 is 0 Å². The van der Waals surface area contributed by atoms with Gasteiger partial charge in [0.2, 0.25) is 0 Å². The first kappa shape index (κ1) is 15.4. The van der Waals surface area contributed by atoms with Crippen molar-refractivity contribution in [3.05, 3.63) is 48.4 Å². The Morgan fingerprint density at radius 1 is 1.26 bits per heavy atom. The van der Waals surface area contributed by atoms with Crippen LogP contribution in [0.4, 0.5) is 10.5 Å². The third-order valence-electron chi connectivity index (χ3n) is 3.61. The van der Waals surface area contributed by atoms with Crippen LogP contribution in [-0.4, -0.2) is 25.3 Å². The zero-order chi connectivity index (χ0) is 15.9. The normalized spacial score (nSPS) is 17.0. The van der Waals surface area contributed by atoms with E-state index in [2.05, 4.69) is 10.6 Å². The van der Waals surface area contributed by atoms with Gasteiger partial charge < -0.3 is 24.5 Å². The highest BCUT2D eigenvalue weighted by molar-refractivity contribution is 5.89. The third kappa shape index (κ3) is 4.75. The van der Waals surface area contributed by atoms with E-state index in [0.29, 0.717) is 18.8 Å². The SMILES string of the molecule is O=C(NCc1ccoc1)Nc1ccc(OC[C@H]2CCCO2)cc1. The molecule has 2 amide bonds. The molecule has 1 fully saturated rings. The van der Waals surface area contributed by atoms with Crippen molar-refractivity contribution in [2.75, 3.05) is 18.5 Å². The fraction of sp³-hybridized carbons (Fsp3) is 0.353. The van der Waals surface area contributed by atoms with Gasteiger partial charge in [-0.3, -0.25) is 0 Å². The van der Waals surface area contributed by atoms with Crippen molar-refractivity contribution in [1.29, 1.82) is 0 Å². The monoisotopic (exact) mass is 316 g/mol. The van der Waals surface area contributed by atoms with Gasteiger partial charge in [-0.1, -0.05) is 0 Å². The zero-order valence-corrected chi connectivity index (χ0v) is 12.8. The van der Waals surface area contributed by atoms with E-state index in [0.717, 1.165) is 30.8 Å². The molecule has 1 atom stereocenters. The number of benzene rings is 1. The predicted octanol–water partition coefficient (Wildman–Crippen LogP) is 3.16. The molecule has 0 radical (unpaired) electrons. The molecule has 0 bridgehead atoms. The first-order valence-corrected chi connectivity index (χ1v) is 7.70. The number of anilines is 1. The van der Waals surface area contributed by atoms with Gasteiger partial charge in [0.25, 0.3) is 0 Å². The summed E-state index contributed by atoms with van der Waals surface area (Å²) in [4.78, 5) is 11.8. The number of furan rings is 1. The number of nitrogens with one attached hydrogen (secondary N) is 2. The average molecular weight is 316 g/mol. The van der Waals surface area contributed by atoms with E-state index in [1.807, 2.05) is 24.3 Å². The van der Waals surface area contributed by atoms with Crippen molar-refractivity contribution in [2.24, 2.45) is 0 Å². The van der Waals surface area contributed by atoms with Gasteiger partial charge in [-0.2, -0.15) is 0 Å². The number of hydrogen-bond acceptors (Lipinski definition) is 4. The number of carbonyl (C=O) groups is 1. The number of ether oxygens (including phenoxy) is 2. The van der Waals surface area contributed by atoms with Crippen LogP contribution in [0.2, 0.25) is 0 Å². The molecule has 122 valence electrons. The lowest BCUT2D eigenvalue weighted by Crippen LogP contribution is -2.27. The van der Waals surface area contributed by atoms with Crippen LogP contribution in [0.15, 0.2) is 47.3 Å². The van der Waals surface area contributed by atoms with E-state index in [-0.39, 0.29) is 12.1 Å². The Morgan fingerprint density at radius 3 is 2.83 bits per heavy atom. The predicted molar refractivity (Wildman–Crippen MR) is 85.5 cm³/mol. The maximum atomic E-state index is 11.8. The summed E-state index contributed by atoms with van der Waals surface area (Å²) in [6, 6.07) is 8.82. The van der Waals surface area contributed by atoms with Crippen molar-refractivity contribution in [3.8, 4) is 5.75 Å². The van der Waals surface area contributed by atoms with Crippen LogP contribution in [0, 0.1) is 0 Å². The summed E-state index contributed by atoms with van der Waals surface area (Å²) in [6.45, 7) is 1.81. The van der Waals surface area contributed by atoms with Crippen molar-refractivity contribution >= 4 is 11.7 Å². The highest BCUT2D eigenvalue weighted by atomic mass is 16.5. The second-order valence-electron chi connectivity index (χ2n) is 5.41. The highest BCUT2D eigenvalue weighted by Gasteiger charge is 2.15. The molecule has 2 heterocycles. The standard InChI is InChI=1S/C17H20N2O4/c20-17(18-10-13-7-9-21-11-13)19-14-3-5-15(6-4-14)23-12-16-2-1-8-22-16/h3-7,9,11,16H,1-2,8,10,12H2,(H2,18,19,20)/t16-/m1/s1. The molecule has 1 aliphatic rings. The average Bonchev–Trinajstić information content (AvgIpc) is 3.26. The van der Waals surface area contributed by atoms with Gasteiger partial charge in [0, 0.05) is 24.4 Å². The Balaban J connectivity index is 1.42. The second kappa shape index (κ2) is 7.69. The molecule has 3 rings (SSSR count). The molecule has 0 aliphatic carbocycles.